The van der Waals surface area contributed by atoms with E-state index >= 15 is 0 Å². The third-order valence-electron chi connectivity index (χ3n) is 4.02. The van der Waals surface area contributed by atoms with Gasteiger partial charge < -0.3 is 24.1 Å². The van der Waals surface area contributed by atoms with Gasteiger partial charge in [0.2, 0.25) is 5.95 Å². The highest BCUT2D eigenvalue weighted by Gasteiger charge is 2.20. The summed E-state index contributed by atoms with van der Waals surface area (Å²) in [6, 6.07) is 3.56. The van der Waals surface area contributed by atoms with Gasteiger partial charge in [0.1, 0.15) is 5.76 Å². The minimum Gasteiger partial charge on any atom is -0.467 e. The van der Waals surface area contributed by atoms with Gasteiger partial charge in [0.15, 0.2) is 11.2 Å². The van der Waals surface area contributed by atoms with Crippen LogP contribution < -0.4 is 16.6 Å². The number of hydrogen-bond acceptors (Lipinski definition) is 7. The number of imidazole rings is 1. The molecule has 3 N–H and O–H groups in total. The molecule has 0 amide bonds. The van der Waals surface area contributed by atoms with E-state index in [0.29, 0.717) is 18.3 Å². The number of aliphatic hydroxyl groups excluding tert-OH is 1. The number of furan rings is 1. The highest BCUT2D eigenvalue weighted by molar-refractivity contribution is 5.74. The second-order valence-corrected chi connectivity index (χ2v) is 6.51. The smallest absolute Gasteiger partial charge is 0.329 e. The average molecular weight is 377 g/mol. The lowest BCUT2D eigenvalue weighted by Crippen LogP contribution is -2.30. The highest BCUT2D eigenvalue weighted by atomic mass is 16.5. The van der Waals surface area contributed by atoms with Gasteiger partial charge in [-0.1, -0.05) is 0 Å². The van der Waals surface area contributed by atoms with E-state index in [0.717, 1.165) is 0 Å². The van der Waals surface area contributed by atoms with Gasteiger partial charge in [-0.15, -0.1) is 0 Å². The second kappa shape index (κ2) is 7.80. The molecule has 1 atom stereocenters. The number of H-pyrrole nitrogens is 1. The van der Waals surface area contributed by atoms with E-state index in [9.17, 15) is 14.7 Å². The largest absolute Gasteiger partial charge is 0.467 e. The number of nitrogens with zero attached hydrogens (tertiary/aromatic N) is 3. The van der Waals surface area contributed by atoms with Crippen LogP contribution in [0.2, 0.25) is 0 Å². The molecule has 0 aliphatic rings. The lowest BCUT2D eigenvalue weighted by Gasteiger charge is -2.16. The zero-order chi connectivity index (χ0) is 19.6. The van der Waals surface area contributed by atoms with Gasteiger partial charge in [0.05, 0.1) is 38.2 Å². The molecule has 0 aliphatic heterocycles. The van der Waals surface area contributed by atoms with E-state index in [1.165, 1.54) is 11.6 Å². The maximum Gasteiger partial charge on any atom is 0.329 e. The molecule has 0 saturated heterocycles. The SMILES string of the molecule is CC(C)OC[C@H](O)Cn1c(NCc2ccco2)nc2c1c(=O)[nH]c(=O)n2C. The number of aryl methyl sites for hydroxylation is 1. The summed E-state index contributed by atoms with van der Waals surface area (Å²) in [4.78, 5) is 30.9. The van der Waals surface area contributed by atoms with E-state index < -0.39 is 17.4 Å². The van der Waals surface area contributed by atoms with Crippen LogP contribution in [0.5, 0.6) is 0 Å². The molecule has 0 radical (unpaired) electrons. The van der Waals surface area contributed by atoms with Gasteiger partial charge in [-0.05, 0) is 26.0 Å². The molecule has 3 aromatic rings. The lowest BCUT2D eigenvalue weighted by molar-refractivity contribution is -0.000109. The second-order valence-electron chi connectivity index (χ2n) is 6.51. The van der Waals surface area contributed by atoms with Crippen LogP contribution in [-0.4, -0.2) is 43.0 Å². The van der Waals surface area contributed by atoms with E-state index in [4.69, 9.17) is 9.15 Å². The Balaban J connectivity index is 1.98. The zero-order valence-corrected chi connectivity index (χ0v) is 15.4. The molecule has 3 aromatic heterocycles. The van der Waals surface area contributed by atoms with Crippen molar-refractivity contribution in [2.45, 2.75) is 39.1 Å². The van der Waals surface area contributed by atoms with Crippen LogP contribution in [0.4, 0.5) is 5.95 Å². The summed E-state index contributed by atoms with van der Waals surface area (Å²) in [5.41, 5.74) is -0.702. The number of hydrogen-bond donors (Lipinski definition) is 3. The average Bonchev–Trinajstić information content (AvgIpc) is 3.24. The van der Waals surface area contributed by atoms with Crippen molar-refractivity contribution in [3.8, 4) is 0 Å². The Bertz CT molecular complexity index is 1010. The molecule has 27 heavy (non-hydrogen) atoms. The highest BCUT2D eigenvalue weighted by Crippen LogP contribution is 2.17. The summed E-state index contributed by atoms with van der Waals surface area (Å²) in [5.74, 6) is 1.02. The number of aliphatic hydroxyl groups is 1. The summed E-state index contributed by atoms with van der Waals surface area (Å²) in [6.45, 7) is 4.26. The molecule has 0 bridgehead atoms. The van der Waals surface area contributed by atoms with Gasteiger partial charge in [-0.2, -0.15) is 4.98 Å². The van der Waals surface area contributed by atoms with Crippen molar-refractivity contribution >= 4 is 17.1 Å². The monoisotopic (exact) mass is 377 g/mol. The quantitative estimate of drug-likeness (QED) is 0.519. The molecule has 10 heteroatoms. The normalized spacial score (nSPS) is 12.8. The van der Waals surface area contributed by atoms with Crippen molar-refractivity contribution < 1.29 is 14.3 Å². The standard InChI is InChI=1S/C17H23N5O5/c1-10(2)27-9-11(23)8-22-13-14(21(3)17(25)20-15(13)24)19-16(22)18-7-12-5-4-6-26-12/h4-6,10-11,23H,7-9H2,1-3H3,(H,18,19)(H,20,24,25)/t11-/m1/s1. The van der Waals surface area contributed by atoms with Crippen molar-refractivity contribution in [2.75, 3.05) is 11.9 Å². The zero-order valence-electron chi connectivity index (χ0n) is 15.4. The van der Waals surface area contributed by atoms with Gasteiger partial charge in [0.25, 0.3) is 5.56 Å². The molecule has 3 heterocycles. The fourth-order valence-electron chi connectivity index (χ4n) is 2.69. The predicted octanol–water partition coefficient (Wildman–Crippen LogP) is 0.414. The predicted molar refractivity (Wildman–Crippen MR) is 98.7 cm³/mol. The molecule has 0 aliphatic carbocycles. The Labute approximate surface area is 154 Å². The Kier molecular flexibility index (Phi) is 5.47. The van der Waals surface area contributed by atoms with E-state index in [1.54, 1.807) is 23.0 Å². The van der Waals surface area contributed by atoms with Crippen LogP contribution in [0.3, 0.4) is 0 Å². The number of nitrogens with one attached hydrogen (secondary N) is 2. The Morgan fingerprint density at radius 3 is 2.85 bits per heavy atom. The number of aromatic amines is 1. The Morgan fingerprint density at radius 1 is 1.41 bits per heavy atom. The van der Waals surface area contributed by atoms with Crippen molar-refractivity contribution in [3.63, 3.8) is 0 Å². The van der Waals surface area contributed by atoms with Crippen molar-refractivity contribution in [3.05, 3.63) is 45.0 Å². The van der Waals surface area contributed by atoms with Crippen molar-refractivity contribution in [1.82, 2.24) is 19.1 Å². The van der Waals surface area contributed by atoms with Crippen LogP contribution in [0.15, 0.2) is 32.4 Å². The number of aromatic nitrogens is 4. The molecular weight excluding hydrogens is 354 g/mol. The lowest BCUT2D eigenvalue weighted by atomic mass is 10.3. The van der Waals surface area contributed by atoms with Gasteiger partial charge in [0, 0.05) is 7.05 Å². The molecule has 10 nitrogen and oxygen atoms in total. The Morgan fingerprint density at radius 2 is 2.19 bits per heavy atom. The molecule has 0 fully saturated rings. The van der Waals surface area contributed by atoms with Gasteiger partial charge >= 0.3 is 5.69 Å². The van der Waals surface area contributed by atoms with Gasteiger partial charge in [-0.3, -0.25) is 14.3 Å². The Hall–Kier alpha value is -2.85. The van der Waals surface area contributed by atoms with E-state index in [2.05, 4.69) is 15.3 Å². The van der Waals surface area contributed by atoms with Crippen LogP contribution in [-0.2, 0) is 24.9 Å². The summed E-state index contributed by atoms with van der Waals surface area (Å²) < 4.78 is 13.5. The fraction of sp³-hybridized carbons (Fsp3) is 0.471. The molecule has 0 unspecified atom stereocenters. The first-order chi connectivity index (χ1) is 12.9. The summed E-state index contributed by atoms with van der Waals surface area (Å²) >= 11 is 0. The first-order valence-corrected chi connectivity index (χ1v) is 8.62. The van der Waals surface area contributed by atoms with Crippen LogP contribution in [0.1, 0.15) is 19.6 Å². The van der Waals surface area contributed by atoms with Crippen LogP contribution >= 0.6 is 0 Å². The maximum absolute atomic E-state index is 12.4. The molecule has 0 spiro atoms. The summed E-state index contributed by atoms with van der Waals surface area (Å²) in [7, 11) is 1.52. The first kappa shape index (κ1) is 18.9. The molecule has 0 aromatic carbocycles. The molecule has 0 saturated carbocycles. The maximum atomic E-state index is 12.4. The number of rotatable bonds is 8. The van der Waals surface area contributed by atoms with Crippen LogP contribution in [0, 0.1) is 0 Å². The van der Waals surface area contributed by atoms with Gasteiger partial charge in [-0.25, -0.2) is 4.79 Å². The first-order valence-electron chi connectivity index (χ1n) is 8.62. The molecule has 3 rings (SSSR count). The van der Waals surface area contributed by atoms with Crippen molar-refractivity contribution in [2.24, 2.45) is 7.05 Å². The third-order valence-corrected chi connectivity index (χ3v) is 4.02. The molecule has 146 valence electrons. The number of fused-ring (bicyclic) bond motifs is 1. The van der Waals surface area contributed by atoms with E-state index in [-0.39, 0.29) is 30.4 Å². The van der Waals surface area contributed by atoms with E-state index in [1.807, 2.05) is 13.8 Å². The van der Waals surface area contributed by atoms with Crippen LogP contribution in [0.25, 0.3) is 11.2 Å². The topological polar surface area (TPSA) is 127 Å². The minimum absolute atomic E-state index is 0.0278. The van der Waals surface area contributed by atoms with Crippen molar-refractivity contribution in [1.29, 1.82) is 0 Å². The number of ether oxygens (including phenoxy) is 1. The fourth-order valence-corrected chi connectivity index (χ4v) is 2.69. The number of anilines is 1. The summed E-state index contributed by atoms with van der Waals surface area (Å²) in [5, 5.41) is 13.4. The summed E-state index contributed by atoms with van der Waals surface area (Å²) in [6.07, 6.45) is 0.673. The third kappa shape index (κ3) is 4.12. The molecular formula is C17H23N5O5. The minimum atomic E-state index is -0.856.